The zero-order valence-corrected chi connectivity index (χ0v) is 13.9. The summed E-state index contributed by atoms with van der Waals surface area (Å²) < 4.78 is 27.7. The van der Waals surface area contributed by atoms with E-state index in [0.717, 1.165) is 26.5 Å². The van der Waals surface area contributed by atoms with Gasteiger partial charge in [-0.3, -0.25) is 0 Å². The average Bonchev–Trinajstić information content (AvgIpc) is 3.04. The summed E-state index contributed by atoms with van der Waals surface area (Å²) in [5, 5.41) is 4.17. The molecular formula is C20H14F2N2S. The van der Waals surface area contributed by atoms with E-state index < -0.39 is 0 Å². The quantitative estimate of drug-likeness (QED) is 0.504. The van der Waals surface area contributed by atoms with E-state index >= 15 is 0 Å². The van der Waals surface area contributed by atoms with E-state index in [0.29, 0.717) is 0 Å². The Kier molecular flexibility index (Phi) is 4.15. The monoisotopic (exact) mass is 352 g/mol. The summed E-state index contributed by atoms with van der Waals surface area (Å²) in [6.07, 6.45) is 0. The van der Waals surface area contributed by atoms with Crippen molar-refractivity contribution >= 4 is 26.7 Å². The molecule has 0 fully saturated rings. The molecule has 4 rings (SSSR count). The van der Waals surface area contributed by atoms with Gasteiger partial charge < -0.3 is 5.32 Å². The van der Waals surface area contributed by atoms with Crippen LogP contribution in [0, 0.1) is 11.6 Å². The second-order valence-corrected chi connectivity index (χ2v) is 6.70. The lowest BCUT2D eigenvalue weighted by Crippen LogP contribution is -2.12. The van der Waals surface area contributed by atoms with Crippen LogP contribution in [0.2, 0.25) is 0 Å². The first-order valence-electron chi connectivity index (χ1n) is 7.82. The van der Waals surface area contributed by atoms with Crippen molar-refractivity contribution in [1.29, 1.82) is 0 Å². The summed E-state index contributed by atoms with van der Waals surface area (Å²) in [6, 6.07) is 20.2. The molecule has 2 nitrogen and oxygen atoms in total. The van der Waals surface area contributed by atoms with E-state index in [1.54, 1.807) is 35.6 Å². The van der Waals surface area contributed by atoms with Crippen LogP contribution in [0.5, 0.6) is 0 Å². The summed E-state index contributed by atoms with van der Waals surface area (Å²) in [4.78, 5) is 4.60. The topological polar surface area (TPSA) is 24.9 Å². The molecule has 3 aromatic carbocycles. The van der Waals surface area contributed by atoms with Gasteiger partial charge in [0.15, 0.2) is 5.13 Å². The van der Waals surface area contributed by atoms with Crippen molar-refractivity contribution in [2.45, 2.75) is 6.04 Å². The fourth-order valence-corrected chi connectivity index (χ4v) is 3.62. The third-order valence-corrected chi connectivity index (χ3v) is 4.94. The second kappa shape index (κ2) is 6.61. The highest BCUT2D eigenvalue weighted by Crippen LogP contribution is 2.32. The van der Waals surface area contributed by atoms with Gasteiger partial charge in [0.1, 0.15) is 11.6 Å². The van der Waals surface area contributed by atoms with Gasteiger partial charge in [-0.2, -0.15) is 0 Å². The summed E-state index contributed by atoms with van der Waals surface area (Å²) in [5.41, 5.74) is 2.69. The van der Waals surface area contributed by atoms with Crippen molar-refractivity contribution in [3.8, 4) is 0 Å². The van der Waals surface area contributed by atoms with Gasteiger partial charge in [-0.15, -0.1) is 0 Å². The van der Waals surface area contributed by atoms with Crippen molar-refractivity contribution in [3.05, 3.63) is 95.6 Å². The predicted octanol–water partition coefficient (Wildman–Crippen LogP) is 5.78. The lowest BCUT2D eigenvalue weighted by Gasteiger charge is -2.19. The van der Waals surface area contributed by atoms with Crippen LogP contribution in [0.15, 0.2) is 72.8 Å². The molecule has 0 bridgehead atoms. The molecule has 1 heterocycles. The number of halogens is 2. The maximum atomic E-state index is 13.3. The lowest BCUT2D eigenvalue weighted by atomic mass is 9.99. The van der Waals surface area contributed by atoms with Gasteiger partial charge >= 0.3 is 0 Å². The van der Waals surface area contributed by atoms with Crippen molar-refractivity contribution in [1.82, 2.24) is 4.98 Å². The fourth-order valence-electron chi connectivity index (χ4n) is 2.73. The molecule has 5 heteroatoms. The van der Waals surface area contributed by atoms with Gasteiger partial charge in [-0.25, -0.2) is 13.8 Å². The summed E-state index contributed by atoms with van der Waals surface area (Å²) in [7, 11) is 0. The first-order chi connectivity index (χ1) is 12.2. The first-order valence-corrected chi connectivity index (χ1v) is 8.64. The smallest absolute Gasteiger partial charge is 0.184 e. The molecule has 0 atom stereocenters. The maximum Gasteiger partial charge on any atom is 0.184 e. The van der Waals surface area contributed by atoms with Gasteiger partial charge in [-0.05, 0) is 47.5 Å². The summed E-state index contributed by atoms with van der Waals surface area (Å²) in [6.45, 7) is 0. The molecule has 124 valence electrons. The molecule has 0 radical (unpaired) electrons. The normalized spacial score (nSPS) is 11.2. The predicted molar refractivity (Wildman–Crippen MR) is 97.9 cm³/mol. The number of aromatic nitrogens is 1. The van der Waals surface area contributed by atoms with Gasteiger partial charge in [0.05, 0.1) is 16.3 Å². The molecule has 0 spiro atoms. The van der Waals surface area contributed by atoms with E-state index in [4.69, 9.17) is 0 Å². The van der Waals surface area contributed by atoms with Crippen LogP contribution >= 0.6 is 11.3 Å². The number of hydrogen-bond donors (Lipinski definition) is 1. The number of nitrogens with zero attached hydrogens (tertiary/aromatic N) is 1. The molecule has 4 aromatic rings. The number of thiazole rings is 1. The molecule has 0 saturated heterocycles. The highest BCUT2D eigenvalue weighted by molar-refractivity contribution is 7.22. The van der Waals surface area contributed by atoms with E-state index in [9.17, 15) is 8.78 Å². The van der Waals surface area contributed by atoms with Crippen molar-refractivity contribution in [2.24, 2.45) is 0 Å². The first kappa shape index (κ1) is 15.7. The van der Waals surface area contributed by atoms with Crippen LogP contribution in [-0.4, -0.2) is 4.98 Å². The molecule has 0 aliphatic carbocycles. The molecule has 0 aliphatic heterocycles. The Morgan fingerprint density at radius 1 is 0.760 bits per heavy atom. The molecular weight excluding hydrogens is 338 g/mol. The van der Waals surface area contributed by atoms with E-state index in [2.05, 4.69) is 10.3 Å². The highest BCUT2D eigenvalue weighted by atomic mass is 32.1. The lowest BCUT2D eigenvalue weighted by molar-refractivity contribution is 0.625. The number of fused-ring (bicyclic) bond motifs is 1. The highest BCUT2D eigenvalue weighted by Gasteiger charge is 2.16. The molecule has 25 heavy (non-hydrogen) atoms. The number of rotatable bonds is 4. The Bertz CT molecular complexity index is 916. The van der Waals surface area contributed by atoms with E-state index in [-0.39, 0.29) is 17.7 Å². The minimum Gasteiger partial charge on any atom is -0.351 e. The zero-order chi connectivity index (χ0) is 17.2. The molecule has 0 unspecified atom stereocenters. The maximum absolute atomic E-state index is 13.3. The van der Waals surface area contributed by atoms with Gasteiger partial charge in [-0.1, -0.05) is 47.7 Å². The summed E-state index contributed by atoms with van der Waals surface area (Å²) >= 11 is 1.55. The van der Waals surface area contributed by atoms with Crippen molar-refractivity contribution in [2.75, 3.05) is 5.32 Å². The summed E-state index contributed by atoms with van der Waals surface area (Å²) in [5.74, 6) is -0.580. The minimum absolute atomic E-state index is 0.248. The Labute approximate surface area is 147 Å². The van der Waals surface area contributed by atoms with Crippen LogP contribution < -0.4 is 5.32 Å². The third kappa shape index (κ3) is 3.37. The Morgan fingerprint density at radius 2 is 1.32 bits per heavy atom. The van der Waals surface area contributed by atoms with E-state index in [1.165, 1.54) is 24.3 Å². The molecule has 0 amide bonds. The number of para-hydroxylation sites is 1. The SMILES string of the molecule is Fc1ccc(C(Nc2nc3ccccc3s2)c2ccc(F)cc2)cc1. The van der Waals surface area contributed by atoms with Gasteiger partial charge in [0.25, 0.3) is 0 Å². The standard InChI is InChI=1S/C20H14F2N2S/c21-15-9-5-13(6-10-15)19(14-7-11-16(22)12-8-14)24-20-23-17-3-1-2-4-18(17)25-20/h1-12,19H,(H,23,24). The van der Waals surface area contributed by atoms with Crippen LogP contribution in [0.1, 0.15) is 17.2 Å². The Morgan fingerprint density at radius 3 is 1.88 bits per heavy atom. The second-order valence-electron chi connectivity index (χ2n) is 5.67. The average molecular weight is 352 g/mol. The number of benzene rings is 3. The Hall–Kier alpha value is -2.79. The van der Waals surface area contributed by atoms with Gasteiger partial charge in [0, 0.05) is 0 Å². The number of anilines is 1. The molecule has 0 saturated carbocycles. The largest absolute Gasteiger partial charge is 0.351 e. The fraction of sp³-hybridized carbons (Fsp3) is 0.0500. The third-order valence-electron chi connectivity index (χ3n) is 3.97. The van der Waals surface area contributed by atoms with Crippen molar-refractivity contribution in [3.63, 3.8) is 0 Å². The van der Waals surface area contributed by atoms with Crippen LogP contribution in [0.3, 0.4) is 0 Å². The van der Waals surface area contributed by atoms with Crippen molar-refractivity contribution < 1.29 is 8.78 Å². The Balaban J connectivity index is 1.73. The molecule has 1 aromatic heterocycles. The van der Waals surface area contributed by atoms with Crippen LogP contribution in [0.25, 0.3) is 10.2 Å². The minimum atomic E-state index is -0.290. The van der Waals surface area contributed by atoms with Crippen LogP contribution in [-0.2, 0) is 0 Å². The zero-order valence-electron chi connectivity index (χ0n) is 13.1. The molecule has 0 aliphatic rings. The van der Waals surface area contributed by atoms with Gasteiger partial charge in [0.2, 0.25) is 0 Å². The molecule has 1 N–H and O–H groups in total. The number of hydrogen-bond acceptors (Lipinski definition) is 3. The van der Waals surface area contributed by atoms with E-state index in [1.807, 2.05) is 24.3 Å². The van der Waals surface area contributed by atoms with Crippen LogP contribution in [0.4, 0.5) is 13.9 Å². The number of nitrogens with one attached hydrogen (secondary N) is 1.